The Morgan fingerprint density at radius 2 is 2.20 bits per heavy atom. The van der Waals surface area contributed by atoms with Crippen LogP contribution in [0, 0.1) is 5.82 Å². The summed E-state index contributed by atoms with van der Waals surface area (Å²) in [6.45, 7) is 0.201. The fraction of sp³-hybridized carbons (Fsp3) is 0.182. The smallest absolute Gasteiger partial charge is 0.127 e. The fourth-order valence-corrected chi connectivity index (χ4v) is 1.46. The van der Waals surface area contributed by atoms with Gasteiger partial charge in [0.1, 0.15) is 5.82 Å². The fourth-order valence-electron chi connectivity index (χ4n) is 1.46. The van der Waals surface area contributed by atoms with Crippen molar-refractivity contribution in [3.8, 4) is 11.3 Å². The van der Waals surface area contributed by atoms with Gasteiger partial charge in [-0.2, -0.15) is 5.10 Å². The van der Waals surface area contributed by atoms with E-state index in [1.807, 2.05) is 19.3 Å². The quantitative estimate of drug-likeness (QED) is 0.810. The average Bonchev–Trinajstić information content (AvgIpc) is 2.66. The maximum atomic E-state index is 13.2. The molecule has 78 valence electrons. The Hall–Kier alpha value is -1.68. The number of hydrogen-bond acceptors (Lipinski definition) is 2. The molecule has 0 unspecified atom stereocenters. The summed E-state index contributed by atoms with van der Waals surface area (Å²) in [5.74, 6) is -0.266. The van der Waals surface area contributed by atoms with Crippen LogP contribution in [0.25, 0.3) is 11.3 Å². The number of halogens is 1. The van der Waals surface area contributed by atoms with Crippen molar-refractivity contribution in [1.29, 1.82) is 0 Å². The molecule has 0 saturated heterocycles. The van der Waals surface area contributed by atoms with E-state index in [1.165, 1.54) is 6.07 Å². The predicted molar refractivity (Wildman–Crippen MR) is 56.5 cm³/mol. The highest BCUT2D eigenvalue weighted by Crippen LogP contribution is 2.19. The number of rotatable bonds is 2. The van der Waals surface area contributed by atoms with Gasteiger partial charge in [0.05, 0.1) is 5.69 Å². The molecule has 1 aromatic heterocycles. The Kier molecular flexibility index (Phi) is 2.51. The van der Waals surface area contributed by atoms with Crippen molar-refractivity contribution in [3.05, 3.63) is 41.8 Å². The molecule has 0 aliphatic rings. The standard InChI is InChI=1S/C11H12FN3/c1-15-5-4-11(14-15)8-2-3-10(12)9(6-8)7-13/h2-6H,7,13H2,1H3. The van der Waals surface area contributed by atoms with Crippen LogP contribution in [0.2, 0.25) is 0 Å². The third-order valence-corrected chi connectivity index (χ3v) is 2.28. The number of nitrogens with two attached hydrogens (primary N) is 1. The highest BCUT2D eigenvalue weighted by molar-refractivity contribution is 5.59. The van der Waals surface area contributed by atoms with Gasteiger partial charge in [0.25, 0.3) is 0 Å². The summed E-state index contributed by atoms with van der Waals surface area (Å²) in [6, 6.07) is 6.74. The molecule has 0 saturated carbocycles. The molecule has 2 N–H and O–H groups in total. The SMILES string of the molecule is Cn1ccc(-c2ccc(F)c(CN)c2)n1. The summed E-state index contributed by atoms with van der Waals surface area (Å²) in [5, 5.41) is 4.24. The van der Waals surface area contributed by atoms with E-state index in [1.54, 1.807) is 16.8 Å². The first-order valence-electron chi connectivity index (χ1n) is 4.69. The highest BCUT2D eigenvalue weighted by Gasteiger charge is 2.05. The summed E-state index contributed by atoms with van der Waals surface area (Å²) in [6.07, 6.45) is 1.85. The third-order valence-electron chi connectivity index (χ3n) is 2.28. The van der Waals surface area contributed by atoms with Crippen LogP contribution >= 0.6 is 0 Å². The number of hydrogen-bond donors (Lipinski definition) is 1. The van der Waals surface area contributed by atoms with Crippen LogP contribution in [0.5, 0.6) is 0 Å². The summed E-state index contributed by atoms with van der Waals surface area (Å²) in [4.78, 5) is 0. The van der Waals surface area contributed by atoms with Crippen LogP contribution < -0.4 is 5.73 Å². The van der Waals surface area contributed by atoms with E-state index in [2.05, 4.69) is 5.10 Å². The van der Waals surface area contributed by atoms with Crippen molar-refractivity contribution in [1.82, 2.24) is 9.78 Å². The third kappa shape index (κ3) is 1.89. The van der Waals surface area contributed by atoms with Gasteiger partial charge in [0, 0.05) is 30.9 Å². The van der Waals surface area contributed by atoms with Gasteiger partial charge in [-0.25, -0.2) is 4.39 Å². The normalized spacial score (nSPS) is 10.6. The average molecular weight is 205 g/mol. The van der Waals surface area contributed by atoms with Crippen LogP contribution in [0.1, 0.15) is 5.56 Å². The van der Waals surface area contributed by atoms with E-state index < -0.39 is 0 Å². The van der Waals surface area contributed by atoms with E-state index in [9.17, 15) is 4.39 Å². The lowest BCUT2D eigenvalue weighted by atomic mass is 10.1. The number of aryl methyl sites for hydroxylation is 1. The van der Waals surface area contributed by atoms with Gasteiger partial charge in [0.2, 0.25) is 0 Å². The molecule has 0 bridgehead atoms. The van der Waals surface area contributed by atoms with Gasteiger partial charge < -0.3 is 5.73 Å². The molecular formula is C11H12FN3. The van der Waals surface area contributed by atoms with Gasteiger partial charge >= 0.3 is 0 Å². The van der Waals surface area contributed by atoms with E-state index in [-0.39, 0.29) is 12.4 Å². The molecule has 0 amide bonds. The van der Waals surface area contributed by atoms with Crippen LogP contribution in [-0.2, 0) is 13.6 Å². The summed E-state index contributed by atoms with van der Waals surface area (Å²) in [5.41, 5.74) is 7.66. The summed E-state index contributed by atoms with van der Waals surface area (Å²) < 4.78 is 14.9. The lowest BCUT2D eigenvalue weighted by molar-refractivity contribution is 0.611. The number of nitrogens with zero attached hydrogens (tertiary/aromatic N) is 2. The summed E-state index contributed by atoms with van der Waals surface area (Å²) in [7, 11) is 1.84. The van der Waals surface area contributed by atoms with E-state index in [4.69, 9.17) is 5.73 Å². The Morgan fingerprint density at radius 3 is 2.80 bits per heavy atom. The largest absolute Gasteiger partial charge is 0.326 e. The molecular weight excluding hydrogens is 193 g/mol. The lowest BCUT2D eigenvalue weighted by Gasteiger charge is -2.02. The molecule has 3 nitrogen and oxygen atoms in total. The zero-order valence-corrected chi connectivity index (χ0v) is 8.44. The Balaban J connectivity index is 2.45. The van der Waals surface area contributed by atoms with Gasteiger partial charge in [-0.1, -0.05) is 0 Å². The van der Waals surface area contributed by atoms with Crippen molar-refractivity contribution in [2.75, 3.05) is 0 Å². The van der Waals surface area contributed by atoms with Crippen LogP contribution in [-0.4, -0.2) is 9.78 Å². The molecule has 0 fully saturated rings. The van der Waals surface area contributed by atoms with Gasteiger partial charge in [-0.15, -0.1) is 0 Å². The van der Waals surface area contributed by atoms with Gasteiger partial charge in [0.15, 0.2) is 0 Å². The molecule has 0 radical (unpaired) electrons. The minimum atomic E-state index is -0.266. The van der Waals surface area contributed by atoms with E-state index >= 15 is 0 Å². The molecule has 0 aliphatic heterocycles. The second-order valence-corrected chi connectivity index (χ2v) is 3.38. The number of aromatic nitrogens is 2. The van der Waals surface area contributed by atoms with E-state index in [0.29, 0.717) is 5.56 Å². The highest BCUT2D eigenvalue weighted by atomic mass is 19.1. The first-order chi connectivity index (χ1) is 7.20. The first kappa shape index (κ1) is 9.86. The van der Waals surface area contributed by atoms with Crippen molar-refractivity contribution in [2.24, 2.45) is 12.8 Å². The van der Waals surface area contributed by atoms with Crippen LogP contribution in [0.15, 0.2) is 30.5 Å². The molecule has 2 rings (SSSR count). The first-order valence-corrected chi connectivity index (χ1v) is 4.69. The predicted octanol–water partition coefficient (Wildman–Crippen LogP) is 1.68. The minimum Gasteiger partial charge on any atom is -0.326 e. The maximum absolute atomic E-state index is 13.2. The second kappa shape index (κ2) is 3.82. The number of benzene rings is 1. The Bertz CT molecular complexity index is 476. The zero-order chi connectivity index (χ0) is 10.8. The van der Waals surface area contributed by atoms with Crippen molar-refractivity contribution in [2.45, 2.75) is 6.54 Å². The zero-order valence-electron chi connectivity index (χ0n) is 8.44. The second-order valence-electron chi connectivity index (χ2n) is 3.38. The van der Waals surface area contributed by atoms with E-state index in [0.717, 1.165) is 11.3 Å². The van der Waals surface area contributed by atoms with Crippen molar-refractivity contribution < 1.29 is 4.39 Å². The topological polar surface area (TPSA) is 43.8 Å². The molecule has 0 atom stereocenters. The van der Waals surface area contributed by atoms with Crippen molar-refractivity contribution in [3.63, 3.8) is 0 Å². The van der Waals surface area contributed by atoms with Crippen LogP contribution in [0.4, 0.5) is 4.39 Å². The Morgan fingerprint density at radius 1 is 1.40 bits per heavy atom. The minimum absolute atomic E-state index is 0.201. The summed E-state index contributed by atoms with van der Waals surface area (Å²) >= 11 is 0. The molecule has 4 heteroatoms. The maximum Gasteiger partial charge on any atom is 0.127 e. The van der Waals surface area contributed by atoms with Gasteiger partial charge in [-0.05, 0) is 24.3 Å². The van der Waals surface area contributed by atoms with Crippen molar-refractivity contribution >= 4 is 0 Å². The molecule has 1 aromatic carbocycles. The molecule has 15 heavy (non-hydrogen) atoms. The molecule has 0 spiro atoms. The lowest BCUT2D eigenvalue weighted by Crippen LogP contribution is -2.00. The van der Waals surface area contributed by atoms with Gasteiger partial charge in [-0.3, -0.25) is 4.68 Å². The monoisotopic (exact) mass is 205 g/mol. The Labute approximate surface area is 87.3 Å². The van der Waals surface area contributed by atoms with Crippen LogP contribution in [0.3, 0.4) is 0 Å². The molecule has 2 aromatic rings. The molecule has 1 heterocycles. The molecule has 0 aliphatic carbocycles.